The highest BCUT2D eigenvalue weighted by Gasteiger charge is 2.07. The van der Waals surface area contributed by atoms with Crippen LogP contribution in [0.1, 0.15) is 25.8 Å². The Morgan fingerprint density at radius 1 is 1.37 bits per heavy atom. The zero-order valence-corrected chi connectivity index (χ0v) is 12.5. The quantitative estimate of drug-likeness (QED) is 0.782. The van der Waals surface area contributed by atoms with E-state index in [4.69, 9.17) is 18.0 Å². The van der Waals surface area contributed by atoms with Crippen LogP contribution in [0.3, 0.4) is 0 Å². The molecule has 4 nitrogen and oxygen atoms in total. The fraction of sp³-hybridized carbons (Fsp3) is 0.429. The third-order valence-electron chi connectivity index (χ3n) is 3.03. The van der Waals surface area contributed by atoms with Gasteiger partial charge in [0.2, 0.25) is 5.91 Å². The lowest BCUT2D eigenvalue weighted by molar-refractivity contribution is -0.116. The van der Waals surface area contributed by atoms with E-state index in [9.17, 15) is 4.79 Å². The predicted molar refractivity (Wildman–Crippen MR) is 83.3 cm³/mol. The number of benzene rings is 1. The Bertz CT molecular complexity index is 443. The minimum Gasteiger partial charge on any atom is -0.389 e. The summed E-state index contributed by atoms with van der Waals surface area (Å²) < 4.78 is 0. The first-order chi connectivity index (χ1) is 8.90. The number of thiocarbonyl (C=S) groups is 1. The Labute approximate surface area is 120 Å². The lowest BCUT2D eigenvalue weighted by Crippen LogP contribution is -2.29. The van der Waals surface area contributed by atoms with Gasteiger partial charge >= 0.3 is 0 Å². The summed E-state index contributed by atoms with van der Waals surface area (Å²) in [5.74, 6) is 0.00979. The topological polar surface area (TPSA) is 58.4 Å². The average molecular weight is 279 g/mol. The monoisotopic (exact) mass is 279 g/mol. The fourth-order valence-corrected chi connectivity index (χ4v) is 1.61. The normalized spacial score (nSPS) is 10.8. The number of nitrogens with two attached hydrogens (primary N) is 1. The number of rotatable bonds is 6. The van der Waals surface area contributed by atoms with Gasteiger partial charge in [0.25, 0.3) is 0 Å². The Morgan fingerprint density at radius 2 is 1.95 bits per heavy atom. The van der Waals surface area contributed by atoms with Crippen molar-refractivity contribution < 1.29 is 4.79 Å². The van der Waals surface area contributed by atoms with Gasteiger partial charge in [-0.3, -0.25) is 4.79 Å². The van der Waals surface area contributed by atoms with Crippen LogP contribution in [0, 0.1) is 0 Å². The van der Waals surface area contributed by atoms with Crippen LogP contribution in [0.15, 0.2) is 24.3 Å². The summed E-state index contributed by atoms with van der Waals surface area (Å²) in [6.07, 6.45) is 0.478. The first kappa shape index (κ1) is 15.6. The standard InChI is InChI=1S/C14H21N3OS/c1-10(2)17(3)9-8-13(18)16-12-6-4-11(5-7-12)14(15)19/h4-7,10H,8-9H2,1-3H3,(H2,15,19)(H,16,18). The SMILES string of the molecule is CC(C)N(C)CCC(=O)Nc1ccc(C(N)=S)cc1. The molecule has 0 spiro atoms. The maximum atomic E-state index is 11.8. The Kier molecular flexibility index (Phi) is 5.92. The molecular weight excluding hydrogens is 258 g/mol. The lowest BCUT2D eigenvalue weighted by Gasteiger charge is -2.20. The fourth-order valence-electron chi connectivity index (χ4n) is 1.48. The van der Waals surface area contributed by atoms with Crippen molar-refractivity contribution >= 4 is 28.8 Å². The second kappa shape index (κ2) is 7.21. The molecule has 1 aromatic rings. The van der Waals surface area contributed by atoms with Gasteiger partial charge < -0.3 is 16.0 Å². The largest absolute Gasteiger partial charge is 0.389 e. The van der Waals surface area contributed by atoms with E-state index in [1.165, 1.54) is 0 Å². The zero-order valence-electron chi connectivity index (χ0n) is 11.6. The molecule has 0 saturated heterocycles. The van der Waals surface area contributed by atoms with Crippen molar-refractivity contribution in [3.63, 3.8) is 0 Å². The molecule has 19 heavy (non-hydrogen) atoms. The minimum atomic E-state index is 0.00979. The zero-order chi connectivity index (χ0) is 14.4. The molecule has 0 saturated carbocycles. The Hall–Kier alpha value is -1.46. The first-order valence-corrected chi connectivity index (χ1v) is 6.71. The summed E-state index contributed by atoms with van der Waals surface area (Å²) in [5.41, 5.74) is 7.07. The summed E-state index contributed by atoms with van der Waals surface area (Å²) in [7, 11) is 2.01. The van der Waals surface area contributed by atoms with Crippen molar-refractivity contribution in [3.05, 3.63) is 29.8 Å². The summed E-state index contributed by atoms with van der Waals surface area (Å²) in [6, 6.07) is 7.66. The first-order valence-electron chi connectivity index (χ1n) is 6.30. The van der Waals surface area contributed by atoms with Crippen molar-refractivity contribution in [1.29, 1.82) is 0 Å². The predicted octanol–water partition coefficient (Wildman–Crippen LogP) is 1.99. The van der Waals surface area contributed by atoms with Crippen LogP contribution in [0.2, 0.25) is 0 Å². The molecule has 0 fully saturated rings. The molecular formula is C14H21N3OS. The molecule has 0 aliphatic carbocycles. The van der Waals surface area contributed by atoms with E-state index in [2.05, 4.69) is 24.1 Å². The van der Waals surface area contributed by atoms with E-state index in [1.807, 2.05) is 7.05 Å². The van der Waals surface area contributed by atoms with Gasteiger partial charge in [0, 0.05) is 30.3 Å². The highest BCUT2D eigenvalue weighted by Crippen LogP contribution is 2.10. The van der Waals surface area contributed by atoms with E-state index in [0.29, 0.717) is 17.5 Å². The van der Waals surface area contributed by atoms with Crippen LogP contribution in [-0.2, 0) is 4.79 Å². The number of carbonyl (C=O) groups excluding carboxylic acids is 1. The molecule has 0 unspecified atom stereocenters. The Morgan fingerprint density at radius 3 is 2.42 bits per heavy atom. The van der Waals surface area contributed by atoms with Crippen molar-refractivity contribution in [1.82, 2.24) is 4.90 Å². The van der Waals surface area contributed by atoms with Crippen molar-refractivity contribution in [2.24, 2.45) is 5.73 Å². The smallest absolute Gasteiger partial charge is 0.225 e. The summed E-state index contributed by atoms with van der Waals surface area (Å²) in [4.78, 5) is 14.3. The van der Waals surface area contributed by atoms with Crippen LogP contribution in [-0.4, -0.2) is 35.4 Å². The summed E-state index contributed by atoms with van der Waals surface area (Å²) in [5, 5.41) is 2.85. The molecule has 104 valence electrons. The molecule has 1 rings (SSSR count). The highest BCUT2D eigenvalue weighted by molar-refractivity contribution is 7.80. The molecule has 0 aliphatic rings. The number of carbonyl (C=O) groups is 1. The van der Waals surface area contributed by atoms with E-state index < -0.39 is 0 Å². The van der Waals surface area contributed by atoms with Crippen molar-refractivity contribution in [2.75, 3.05) is 18.9 Å². The van der Waals surface area contributed by atoms with Crippen molar-refractivity contribution in [2.45, 2.75) is 26.3 Å². The molecule has 0 aromatic heterocycles. The van der Waals surface area contributed by atoms with Crippen LogP contribution < -0.4 is 11.1 Å². The van der Waals surface area contributed by atoms with Crippen LogP contribution in [0.5, 0.6) is 0 Å². The number of hydrogen-bond acceptors (Lipinski definition) is 3. The molecule has 5 heteroatoms. The van der Waals surface area contributed by atoms with Gasteiger partial charge in [0.05, 0.1) is 0 Å². The van der Waals surface area contributed by atoms with E-state index in [-0.39, 0.29) is 5.91 Å². The maximum absolute atomic E-state index is 11.8. The van der Waals surface area contributed by atoms with E-state index in [1.54, 1.807) is 24.3 Å². The molecule has 0 bridgehead atoms. The number of amides is 1. The van der Waals surface area contributed by atoms with Gasteiger partial charge in [-0.15, -0.1) is 0 Å². The second-order valence-corrected chi connectivity index (χ2v) is 5.25. The van der Waals surface area contributed by atoms with Crippen molar-refractivity contribution in [3.8, 4) is 0 Å². The molecule has 0 radical (unpaired) electrons. The third kappa shape index (κ3) is 5.36. The number of nitrogens with zero attached hydrogens (tertiary/aromatic N) is 1. The van der Waals surface area contributed by atoms with Gasteiger partial charge in [0.15, 0.2) is 0 Å². The highest BCUT2D eigenvalue weighted by atomic mass is 32.1. The molecule has 0 atom stereocenters. The average Bonchev–Trinajstić information content (AvgIpc) is 2.36. The van der Waals surface area contributed by atoms with Crippen LogP contribution in [0.4, 0.5) is 5.69 Å². The number of nitrogens with one attached hydrogen (secondary N) is 1. The number of hydrogen-bond donors (Lipinski definition) is 2. The summed E-state index contributed by atoms with van der Waals surface area (Å²) in [6.45, 7) is 4.95. The van der Waals surface area contributed by atoms with Crippen LogP contribution >= 0.6 is 12.2 Å². The number of anilines is 1. The van der Waals surface area contributed by atoms with Gasteiger partial charge in [0.1, 0.15) is 4.99 Å². The van der Waals surface area contributed by atoms with E-state index in [0.717, 1.165) is 17.8 Å². The maximum Gasteiger partial charge on any atom is 0.225 e. The van der Waals surface area contributed by atoms with Gasteiger partial charge in [-0.05, 0) is 45.2 Å². The third-order valence-corrected chi connectivity index (χ3v) is 3.26. The second-order valence-electron chi connectivity index (χ2n) is 4.81. The van der Waals surface area contributed by atoms with E-state index >= 15 is 0 Å². The Balaban J connectivity index is 2.46. The lowest BCUT2D eigenvalue weighted by atomic mass is 10.2. The molecule has 0 heterocycles. The van der Waals surface area contributed by atoms with Gasteiger partial charge in [-0.2, -0.15) is 0 Å². The molecule has 1 aromatic carbocycles. The van der Waals surface area contributed by atoms with Gasteiger partial charge in [-0.1, -0.05) is 12.2 Å². The molecule has 3 N–H and O–H groups in total. The molecule has 0 aliphatic heterocycles. The summed E-state index contributed by atoms with van der Waals surface area (Å²) >= 11 is 4.87. The molecule has 1 amide bonds. The van der Waals surface area contributed by atoms with Gasteiger partial charge in [-0.25, -0.2) is 0 Å². The van der Waals surface area contributed by atoms with Crippen LogP contribution in [0.25, 0.3) is 0 Å². The minimum absolute atomic E-state index is 0.00979.